The molecule has 0 aromatic heterocycles. The number of nitro groups is 1. The highest BCUT2D eigenvalue weighted by Crippen LogP contribution is 2.34. The van der Waals surface area contributed by atoms with E-state index in [1.165, 1.54) is 19.2 Å². The highest BCUT2D eigenvalue weighted by atomic mass is 16.6. The van der Waals surface area contributed by atoms with Crippen LogP contribution in [-0.4, -0.2) is 24.9 Å². The Hall–Kier alpha value is -2.11. The van der Waals surface area contributed by atoms with E-state index >= 15 is 0 Å². The molecule has 0 unspecified atom stereocenters. The first-order valence-corrected chi connectivity index (χ1v) is 5.58. The number of unbranched alkanes of at least 4 members (excludes halogenated alkanes) is 1. The summed E-state index contributed by atoms with van der Waals surface area (Å²) in [6.07, 6.45) is 2.26. The molecule has 1 aromatic rings. The molecule has 1 rings (SSSR count). The van der Waals surface area contributed by atoms with E-state index < -0.39 is 4.92 Å². The summed E-state index contributed by atoms with van der Waals surface area (Å²) < 4.78 is 10.5. The number of ether oxygens (including phenoxy) is 2. The van der Waals surface area contributed by atoms with E-state index in [4.69, 9.17) is 9.47 Å². The summed E-state index contributed by atoms with van der Waals surface area (Å²) >= 11 is 0. The van der Waals surface area contributed by atoms with Gasteiger partial charge in [0.15, 0.2) is 17.8 Å². The molecular formula is C12H15NO5. The van der Waals surface area contributed by atoms with Crippen molar-refractivity contribution in [2.24, 2.45) is 0 Å². The maximum Gasteiger partial charge on any atom is 0.283 e. The van der Waals surface area contributed by atoms with E-state index in [9.17, 15) is 14.9 Å². The van der Waals surface area contributed by atoms with Gasteiger partial charge in [-0.2, -0.15) is 0 Å². The van der Waals surface area contributed by atoms with Gasteiger partial charge in [0.1, 0.15) is 0 Å². The lowest BCUT2D eigenvalue weighted by Gasteiger charge is -2.10. The summed E-state index contributed by atoms with van der Waals surface area (Å²) in [6, 6.07) is 2.53. The predicted molar refractivity (Wildman–Crippen MR) is 65.4 cm³/mol. The lowest BCUT2D eigenvalue weighted by Crippen LogP contribution is -2.02. The standard InChI is InChI=1S/C12H15NO5/c1-3-4-5-18-12-6-9(8-14)10(13(15)16)7-11(12)17-2/h6-8H,3-5H2,1-2H3. The lowest BCUT2D eigenvalue weighted by molar-refractivity contribution is -0.385. The van der Waals surface area contributed by atoms with E-state index in [2.05, 4.69) is 0 Å². The second-order valence-electron chi connectivity index (χ2n) is 3.64. The summed E-state index contributed by atoms with van der Waals surface area (Å²) in [6.45, 7) is 2.50. The van der Waals surface area contributed by atoms with Crippen molar-refractivity contribution in [2.75, 3.05) is 13.7 Å². The Morgan fingerprint density at radius 3 is 2.61 bits per heavy atom. The van der Waals surface area contributed by atoms with E-state index in [1.54, 1.807) is 0 Å². The first-order chi connectivity index (χ1) is 8.63. The van der Waals surface area contributed by atoms with Crippen LogP contribution in [-0.2, 0) is 0 Å². The van der Waals surface area contributed by atoms with Crippen LogP contribution in [0.1, 0.15) is 30.1 Å². The number of hydrogen-bond acceptors (Lipinski definition) is 5. The van der Waals surface area contributed by atoms with Crippen LogP contribution in [0.15, 0.2) is 12.1 Å². The third-order valence-electron chi connectivity index (χ3n) is 2.39. The van der Waals surface area contributed by atoms with Gasteiger partial charge >= 0.3 is 0 Å². The van der Waals surface area contributed by atoms with E-state index in [0.29, 0.717) is 18.6 Å². The molecule has 18 heavy (non-hydrogen) atoms. The van der Waals surface area contributed by atoms with Crippen molar-refractivity contribution in [3.63, 3.8) is 0 Å². The van der Waals surface area contributed by atoms with Gasteiger partial charge in [-0.25, -0.2) is 0 Å². The summed E-state index contributed by atoms with van der Waals surface area (Å²) in [5.74, 6) is 0.599. The van der Waals surface area contributed by atoms with Crippen molar-refractivity contribution in [3.05, 3.63) is 27.8 Å². The molecule has 0 amide bonds. The molecule has 0 heterocycles. The van der Waals surface area contributed by atoms with E-state index in [1.807, 2.05) is 6.92 Å². The molecular weight excluding hydrogens is 238 g/mol. The number of carbonyl (C=O) groups excluding carboxylic acids is 1. The average Bonchev–Trinajstić information content (AvgIpc) is 2.38. The maximum absolute atomic E-state index is 10.8. The van der Waals surface area contributed by atoms with Gasteiger partial charge in [-0.1, -0.05) is 13.3 Å². The Kier molecular flexibility index (Phi) is 5.10. The van der Waals surface area contributed by atoms with Crippen molar-refractivity contribution >= 4 is 12.0 Å². The Morgan fingerprint density at radius 1 is 1.39 bits per heavy atom. The fourth-order valence-electron chi connectivity index (χ4n) is 1.42. The zero-order chi connectivity index (χ0) is 13.5. The first kappa shape index (κ1) is 14.0. The SMILES string of the molecule is CCCCOc1cc(C=O)c([N+](=O)[O-])cc1OC. The van der Waals surface area contributed by atoms with Crippen LogP contribution in [0.25, 0.3) is 0 Å². The minimum Gasteiger partial charge on any atom is -0.493 e. The lowest BCUT2D eigenvalue weighted by atomic mass is 10.1. The van der Waals surface area contributed by atoms with Crippen molar-refractivity contribution < 1.29 is 19.2 Å². The van der Waals surface area contributed by atoms with Gasteiger partial charge in [-0.3, -0.25) is 14.9 Å². The third-order valence-corrected chi connectivity index (χ3v) is 2.39. The number of carbonyl (C=O) groups is 1. The minimum absolute atomic E-state index is 0.0210. The van der Waals surface area contributed by atoms with Crippen LogP contribution in [0.5, 0.6) is 11.5 Å². The van der Waals surface area contributed by atoms with Crippen LogP contribution in [0.3, 0.4) is 0 Å². The first-order valence-electron chi connectivity index (χ1n) is 5.58. The fourth-order valence-corrected chi connectivity index (χ4v) is 1.42. The fraction of sp³-hybridized carbons (Fsp3) is 0.417. The number of rotatable bonds is 7. The van der Waals surface area contributed by atoms with Crippen LogP contribution in [0.4, 0.5) is 5.69 Å². The maximum atomic E-state index is 10.8. The number of methoxy groups -OCH3 is 1. The summed E-state index contributed by atoms with van der Waals surface area (Å²) in [5, 5.41) is 10.8. The Balaban J connectivity index is 3.09. The van der Waals surface area contributed by atoms with Gasteiger partial charge in [0.05, 0.1) is 30.3 Å². The van der Waals surface area contributed by atoms with Gasteiger partial charge in [-0.05, 0) is 6.42 Å². The number of nitrogens with zero attached hydrogens (tertiary/aromatic N) is 1. The largest absolute Gasteiger partial charge is 0.493 e. The molecule has 0 atom stereocenters. The smallest absolute Gasteiger partial charge is 0.283 e. The molecule has 0 bridgehead atoms. The molecule has 6 heteroatoms. The Morgan fingerprint density at radius 2 is 2.11 bits per heavy atom. The molecule has 0 saturated heterocycles. The second-order valence-corrected chi connectivity index (χ2v) is 3.64. The van der Waals surface area contributed by atoms with Crippen LogP contribution >= 0.6 is 0 Å². The van der Waals surface area contributed by atoms with Crippen molar-refractivity contribution in [1.82, 2.24) is 0 Å². The van der Waals surface area contributed by atoms with Gasteiger partial charge in [0.2, 0.25) is 0 Å². The second kappa shape index (κ2) is 6.58. The molecule has 0 aliphatic rings. The van der Waals surface area contributed by atoms with Crippen LogP contribution in [0.2, 0.25) is 0 Å². The van der Waals surface area contributed by atoms with Crippen LogP contribution < -0.4 is 9.47 Å². The average molecular weight is 253 g/mol. The predicted octanol–water partition coefficient (Wildman–Crippen LogP) is 2.59. The van der Waals surface area contributed by atoms with E-state index in [0.717, 1.165) is 12.8 Å². The molecule has 6 nitrogen and oxygen atoms in total. The zero-order valence-corrected chi connectivity index (χ0v) is 10.3. The van der Waals surface area contributed by atoms with Crippen molar-refractivity contribution in [2.45, 2.75) is 19.8 Å². The number of aldehydes is 1. The van der Waals surface area contributed by atoms with Crippen molar-refractivity contribution in [1.29, 1.82) is 0 Å². The third kappa shape index (κ3) is 3.19. The van der Waals surface area contributed by atoms with Gasteiger partial charge in [0, 0.05) is 6.07 Å². The van der Waals surface area contributed by atoms with Gasteiger partial charge < -0.3 is 9.47 Å². The molecule has 0 aliphatic heterocycles. The molecule has 0 spiro atoms. The molecule has 98 valence electrons. The minimum atomic E-state index is -0.623. The van der Waals surface area contributed by atoms with Crippen molar-refractivity contribution in [3.8, 4) is 11.5 Å². The molecule has 1 aromatic carbocycles. The topological polar surface area (TPSA) is 78.7 Å². The number of hydrogen-bond donors (Lipinski definition) is 0. The Bertz CT molecular complexity index is 444. The van der Waals surface area contributed by atoms with E-state index in [-0.39, 0.29) is 17.0 Å². The van der Waals surface area contributed by atoms with Crippen LogP contribution in [0, 0.1) is 10.1 Å². The summed E-state index contributed by atoms with van der Waals surface area (Å²) in [4.78, 5) is 21.0. The van der Waals surface area contributed by atoms with Gasteiger partial charge in [0.25, 0.3) is 5.69 Å². The monoisotopic (exact) mass is 253 g/mol. The molecule has 0 radical (unpaired) electrons. The van der Waals surface area contributed by atoms with Gasteiger partial charge in [-0.15, -0.1) is 0 Å². The number of benzene rings is 1. The summed E-state index contributed by atoms with van der Waals surface area (Å²) in [5.41, 5.74) is -0.308. The zero-order valence-electron chi connectivity index (χ0n) is 10.3. The molecule has 0 fully saturated rings. The number of nitro benzene ring substituents is 1. The summed E-state index contributed by atoms with van der Waals surface area (Å²) in [7, 11) is 1.40. The quantitative estimate of drug-likeness (QED) is 0.323. The molecule has 0 saturated carbocycles. The highest BCUT2D eigenvalue weighted by molar-refractivity contribution is 5.83. The molecule has 0 aliphatic carbocycles. The Labute approximate surface area is 105 Å². The normalized spacial score (nSPS) is 9.89. The highest BCUT2D eigenvalue weighted by Gasteiger charge is 2.19. The molecule has 0 N–H and O–H groups in total.